The van der Waals surface area contributed by atoms with E-state index in [0.29, 0.717) is 0 Å². The molecule has 11 nitrogen and oxygen atoms in total. The Hall–Kier alpha value is -3.41. The zero-order valence-electron chi connectivity index (χ0n) is 16.5. The SMILES string of the molecule is CCOc1cc(Oc2ccc([N+](=O)[O-])cn2)ccc1N(C(CC)C(=O)O)S(C)(=O)=O. The van der Waals surface area contributed by atoms with Crippen LogP contribution in [0.1, 0.15) is 20.3 Å². The molecule has 0 radical (unpaired) electrons. The monoisotopic (exact) mass is 439 g/mol. The van der Waals surface area contributed by atoms with E-state index in [1.165, 1.54) is 30.3 Å². The number of nitrogens with zero attached hydrogens (tertiary/aromatic N) is 3. The molecule has 2 aromatic rings. The molecule has 1 heterocycles. The van der Waals surface area contributed by atoms with Crippen LogP contribution in [0.4, 0.5) is 11.4 Å². The van der Waals surface area contributed by atoms with E-state index in [1.54, 1.807) is 13.8 Å². The Morgan fingerprint density at radius 1 is 1.30 bits per heavy atom. The zero-order chi connectivity index (χ0) is 22.5. The van der Waals surface area contributed by atoms with Crippen LogP contribution in [-0.4, -0.2) is 48.3 Å². The van der Waals surface area contributed by atoms with Gasteiger partial charge in [-0.3, -0.25) is 14.4 Å². The normalized spacial score (nSPS) is 12.1. The van der Waals surface area contributed by atoms with Crippen LogP contribution >= 0.6 is 0 Å². The summed E-state index contributed by atoms with van der Waals surface area (Å²) >= 11 is 0. The first-order valence-electron chi connectivity index (χ1n) is 8.85. The highest BCUT2D eigenvalue weighted by Gasteiger charge is 2.33. The first kappa shape index (κ1) is 22.9. The summed E-state index contributed by atoms with van der Waals surface area (Å²) in [6.07, 6.45) is 2.00. The lowest BCUT2D eigenvalue weighted by Gasteiger charge is -2.29. The molecule has 2 rings (SSSR count). The first-order chi connectivity index (χ1) is 14.1. The fourth-order valence-electron chi connectivity index (χ4n) is 2.69. The number of ether oxygens (including phenoxy) is 2. The van der Waals surface area contributed by atoms with Crippen molar-refractivity contribution in [2.24, 2.45) is 0 Å². The van der Waals surface area contributed by atoms with E-state index in [1.807, 2.05) is 0 Å². The van der Waals surface area contributed by atoms with Crippen LogP contribution in [0.3, 0.4) is 0 Å². The van der Waals surface area contributed by atoms with Gasteiger partial charge in [0.05, 0.1) is 23.5 Å². The van der Waals surface area contributed by atoms with Crippen molar-refractivity contribution < 1.29 is 32.7 Å². The van der Waals surface area contributed by atoms with Gasteiger partial charge in [-0.25, -0.2) is 18.2 Å². The van der Waals surface area contributed by atoms with Crippen molar-refractivity contribution in [1.29, 1.82) is 0 Å². The molecule has 1 N–H and O–H groups in total. The lowest BCUT2D eigenvalue weighted by Crippen LogP contribution is -2.44. The Labute approximate surface area is 173 Å². The zero-order valence-corrected chi connectivity index (χ0v) is 17.3. The Morgan fingerprint density at radius 3 is 2.47 bits per heavy atom. The van der Waals surface area contributed by atoms with Crippen molar-refractivity contribution in [2.45, 2.75) is 26.3 Å². The molecule has 0 aliphatic rings. The van der Waals surface area contributed by atoms with Gasteiger partial charge in [0, 0.05) is 18.2 Å². The predicted molar refractivity (Wildman–Crippen MR) is 108 cm³/mol. The van der Waals surface area contributed by atoms with Gasteiger partial charge in [0.1, 0.15) is 23.7 Å². The highest BCUT2D eigenvalue weighted by Crippen LogP contribution is 2.37. The number of nitro groups is 1. The number of aliphatic carboxylic acids is 1. The summed E-state index contributed by atoms with van der Waals surface area (Å²) < 4.78 is 36.6. The second kappa shape index (κ2) is 9.39. The first-order valence-corrected chi connectivity index (χ1v) is 10.7. The maximum atomic E-state index is 12.4. The van der Waals surface area contributed by atoms with Gasteiger partial charge in [-0.05, 0) is 25.5 Å². The fraction of sp³-hybridized carbons (Fsp3) is 0.333. The van der Waals surface area contributed by atoms with Gasteiger partial charge < -0.3 is 14.6 Å². The highest BCUT2D eigenvalue weighted by molar-refractivity contribution is 7.92. The second-order valence-corrected chi connectivity index (χ2v) is 7.96. The largest absolute Gasteiger partial charge is 0.492 e. The maximum absolute atomic E-state index is 12.4. The molecule has 162 valence electrons. The second-order valence-electron chi connectivity index (χ2n) is 6.10. The van der Waals surface area contributed by atoms with Crippen molar-refractivity contribution >= 4 is 27.4 Å². The summed E-state index contributed by atoms with van der Waals surface area (Å²) in [5.74, 6) is -0.893. The Bertz CT molecular complexity index is 1020. The summed E-state index contributed by atoms with van der Waals surface area (Å²) in [5, 5.41) is 20.2. The molecular weight excluding hydrogens is 418 g/mol. The molecule has 0 saturated carbocycles. The van der Waals surface area contributed by atoms with Gasteiger partial charge in [-0.15, -0.1) is 0 Å². The number of benzene rings is 1. The van der Waals surface area contributed by atoms with E-state index in [0.717, 1.165) is 16.8 Å². The van der Waals surface area contributed by atoms with E-state index >= 15 is 0 Å². The van der Waals surface area contributed by atoms with Crippen LogP contribution in [-0.2, 0) is 14.8 Å². The molecule has 0 saturated heterocycles. The van der Waals surface area contributed by atoms with Gasteiger partial charge in [-0.1, -0.05) is 6.92 Å². The average molecular weight is 439 g/mol. The van der Waals surface area contributed by atoms with Crippen LogP contribution in [0.15, 0.2) is 36.5 Å². The summed E-state index contributed by atoms with van der Waals surface area (Å²) in [6.45, 7) is 3.44. The van der Waals surface area contributed by atoms with Gasteiger partial charge >= 0.3 is 5.97 Å². The van der Waals surface area contributed by atoms with E-state index in [-0.39, 0.29) is 41.8 Å². The number of anilines is 1. The molecule has 0 bridgehead atoms. The predicted octanol–water partition coefficient (Wildman–Crippen LogP) is 2.81. The van der Waals surface area contributed by atoms with Crippen molar-refractivity contribution in [3.8, 4) is 17.4 Å². The number of rotatable bonds is 10. The van der Waals surface area contributed by atoms with E-state index < -0.39 is 27.0 Å². The number of carbonyl (C=O) groups is 1. The van der Waals surface area contributed by atoms with E-state index in [2.05, 4.69) is 4.98 Å². The van der Waals surface area contributed by atoms with Gasteiger partial charge in [0.2, 0.25) is 15.9 Å². The lowest BCUT2D eigenvalue weighted by atomic mass is 10.2. The van der Waals surface area contributed by atoms with Gasteiger partial charge in [0.25, 0.3) is 5.69 Å². The Morgan fingerprint density at radius 2 is 2.00 bits per heavy atom. The van der Waals surface area contributed by atoms with Crippen LogP contribution in [0.5, 0.6) is 17.4 Å². The van der Waals surface area contributed by atoms with Gasteiger partial charge in [-0.2, -0.15) is 0 Å². The number of carboxylic acid groups (broad SMARTS) is 1. The number of sulfonamides is 1. The van der Waals surface area contributed by atoms with Crippen molar-refractivity contribution in [3.05, 3.63) is 46.6 Å². The molecule has 0 amide bonds. The molecule has 1 aromatic carbocycles. The van der Waals surface area contributed by atoms with Crippen LogP contribution in [0.2, 0.25) is 0 Å². The number of carboxylic acids is 1. The van der Waals surface area contributed by atoms with Crippen molar-refractivity contribution in [3.63, 3.8) is 0 Å². The lowest BCUT2D eigenvalue weighted by molar-refractivity contribution is -0.385. The quantitative estimate of drug-likeness (QED) is 0.435. The highest BCUT2D eigenvalue weighted by atomic mass is 32.2. The summed E-state index contributed by atoms with van der Waals surface area (Å²) in [5.41, 5.74) is -0.145. The van der Waals surface area contributed by atoms with Crippen LogP contribution in [0.25, 0.3) is 0 Å². The third-order valence-electron chi connectivity index (χ3n) is 3.93. The molecule has 1 unspecified atom stereocenters. The third-order valence-corrected chi connectivity index (χ3v) is 5.10. The third kappa shape index (κ3) is 5.35. The number of aromatic nitrogens is 1. The summed E-state index contributed by atoms with van der Waals surface area (Å²) in [4.78, 5) is 25.6. The molecule has 0 aliphatic carbocycles. The maximum Gasteiger partial charge on any atom is 0.327 e. The molecule has 0 fully saturated rings. The number of pyridine rings is 1. The molecule has 1 atom stereocenters. The van der Waals surface area contributed by atoms with E-state index in [4.69, 9.17) is 9.47 Å². The average Bonchev–Trinajstić information content (AvgIpc) is 2.66. The molecule has 30 heavy (non-hydrogen) atoms. The summed E-state index contributed by atoms with van der Waals surface area (Å²) in [6, 6.07) is 5.42. The Balaban J connectivity index is 2.46. The molecular formula is C18H21N3O8S. The van der Waals surface area contributed by atoms with Crippen molar-refractivity contribution in [2.75, 3.05) is 17.2 Å². The van der Waals surface area contributed by atoms with E-state index in [9.17, 15) is 28.4 Å². The summed E-state index contributed by atoms with van der Waals surface area (Å²) in [7, 11) is -3.94. The smallest absolute Gasteiger partial charge is 0.327 e. The molecule has 0 spiro atoms. The van der Waals surface area contributed by atoms with Crippen LogP contribution < -0.4 is 13.8 Å². The minimum absolute atomic E-state index is 0.0406. The molecule has 12 heteroatoms. The molecule has 1 aromatic heterocycles. The minimum atomic E-state index is -3.94. The van der Waals surface area contributed by atoms with Crippen LogP contribution in [0, 0.1) is 10.1 Å². The Kier molecular flexibility index (Phi) is 7.16. The topological polar surface area (TPSA) is 149 Å². The number of hydrogen-bond donors (Lipinski definition) is 1. The van der Waals surface area contributed by atoms with Gasteiger partial charge in [0.15, 0.2) is 0 Å². The fourth-order valence-corrected chi connectivity index (χ4v) is 3.90. The number of hydrogen-bond acceptors (Lipinski definition) is 8. The molecule has 0 aliphatic heterocycles. The minimum Gasteiger partial charge on any atom is -0.492 e. The standard InChI is InChI=1S/C18H21N3O8S/c1-4-14(18(22)23)20(30(3,26)27)15-8-7-13(10-16(15)28-5-2)29-17-9-6-12(11-19-17)21(24)25/h6-11,14H,4-5H2,1-3H3,(H,22,23). The van der Waals surface area contributed by atoms with Crippen molar-refractivity contribution in [1.82, 2.24) is 4.98 Å².